The van der Waals surface area contributed by atoms with Crippen LogP contribution in [0.5, 0.6) is 0 Å². The highest BCUT2D eigenvalue weighted by molar-refractivity contribution is 7.89. The van der Waals surface area contributed by atoms with Gasteiger partial charge in [-0.05, 0) is 26.0 Å². The van der Waals surface area contributed by atoms with Crippen LogP contribution in [0.25, 0.3) is 11.3 Å². The van der Waals surface area contributed by atoms with Crippen molar-refractivity contribution >= 4 is 38.4 Å². The van der Waals surface area contributed by atoms with Crippen molar-refractivity contribution in [1.29, 1.82) is 0 Å². The smallest absolute Gasteiger partial charge is 0.322 e. The van der Waals surface area contributed by atoms with E-state index in [-0.39, 0.29) is 4.90 Å². The third-order valence-electron chi connectivity index (χ3n) is 4.56. The van der Waals surface area contributed by atoms with Gasteiger partial charge < -0.3 is 4.74 Å². The molecule has 0 aliphatic rings. The van der Waals surface area contributed by atoms with Crippen LogP contribution < -0.4 is 5.32 Å². The molecule has 2 aromatic carbocycles. The number of anilines is 1. The Hall–Kier alpha value is -3.08. The number of likely N-dealkylation sites (N-methyl/N-ethyl adjacent to an activating group) is 1. The molecule has 8 nitrogen and oxygen atoms in total. The van der Waals surface area contributed by atoms with E-state index in [4.69, 9.17) is 4.74 Å². The highest BCUT2D eigenvalue weighted by atomic mass is 32.2. The van der Waals surface area contributed by atoms with Crippen LogP contribution in [0.1, 0.15) is 12.5 Å². The number of esters is 1. The fraction of sp³-hybridized carbons (Fsp3) is 0.227. The van der Waals surface area contributed by atoms with Gasteiger partial charge in [-0.3, -0.25) is 14.9 Å². The highest BCUT2D eigenvalue weighted by Gasteiger charge is 2.26. The number of nitrogens with zero attached hydrogens (tertiary/aromatic N) is 2. The molecule has 0 bridgehead atoms. The Morgan fingerprint density at radius 2 is 1.78 bits per heavy atom. The standard InChI is InChI=1S/C22H23N3O5S2/c1-15-9-11-18(12-10-15)32(28,29)25(3)13-20(26)30-16(2)21(27)24-22-23-19(14-31-22)17-7-5-4-6-8-17/h4-12,14,16H,13H2,1-3H3,(H,23,24,27)/t16-/m0/s1. The van der Waals surface area contributed by atoms with Crippen LogP contribution in [0, 0.1) is 6.92 Å². The minimum absolute atomic E-state index is 0.0715. The number of carbonyl (C=O) groups excluding carboxylic acids is 2. The quantitative estimate of drug-likeness (QED) is 0.503. The van der Waals surface area contributed by atoms with Crippen LogP contribution in [-0.2, 0) is 24.3 Å². The van der Waals surface area contributed by atoms with Crippen LogP contribution in [0.4, 0.5) is 5.13 Å². The second kappa shape index (κ2) is 10.0. The molecule has 1 N–H and O–H groups in total. The van der Waals surface area contributed by atoms with Gasteiger partial charge in [-0.2, -0.15) is 4.31 Å². The monoisotopic (exact) mass is 473 g/mol. The lowest BCUT2D eigenvalue weighted by Crippen LogP contribution is -2.37. The van der Waals surface area contributed by atoms with E-state index in [2.05, 4.69) is 10.3 Å². The van der Waals surface area contributed by atoms with Crippen molar-refractivity contribution in [2.75, 3.05) is 18.9 Å². The van der Waals surface area contributed by atoms with Gasteiger partial charge in [0.25, 0.3) is 5.91 Å². The van der Waals surface area contributed by atoms with E-state index in [1.165, 1.54) is 37.4 Å². The van der Waals surface area contributed by atoms with E-state index in [9.17, 15) is 18.0 Å². The molecule has 0 spiro atoms. The number of nitrogens with one attached hydrogen (secondary N) is 1. The molecule has 0 aliphatic heterocycles. The van der Waals surface area contributed by atoms with Crippen molar-refractivity contribution in [2.24, 2.45) is 0 Å². The fourth-order valence-electron chi connectivity index (χ4n) is 2.72. The number of aryl methyl sites for hydroxylation is 1. The van der Waals surface area contributed by atoms with Crippen LogP contribution in [0.2, 0.25) is 0 Å². The first-order chi connectivity index (χ1) is 15.2. The van der Waals surface area contributed by atoms with Crippen molar-refractivity contribution in [3.63, 3.8) is 0 Å². The van der Waals surface area contributed by atoms with E-state index < -0.39 is 34.5 Å². The van der Waals surface area contributed by atoms with Gasteiger partial charge in [-0.15, -0.1) is 11.3 Å². The Kier molecular flexibility index (Phi) is 7.39. The van der Waals surface area contributed by atoms with Gasteiger partial charge in [0.2, 0.25) is 10.0 Å². The number of sulfonamides is 1. The SMILES string of the molecule is Cc1ccc(S(=O)(=O)N(C)CC(=O)O[C@@H](C)C(=O)Nc2nc(-c3ccccc3)cs2)cc1. The lowest BCUT2D eigenvalue weighted by atomic mass is 10.2. The maximum Gasteiger partial charge on any atom is 0.322 e. The first-order valence-corrected chi connectivity index (χ1v) is 12.0. The third kappa shape index (κ3) is 5.78. The van der Waals surface area contributed by atoms with Crippen LogP contribution in [0.15, 0.2) is 64.9 Å². The van der Waals surface area contributed by atoms with Crippen LogP contribution in [0.3, 0.4) is 0 Å². The number of aromatic nitrogens is 1. The van der Waals surface area contributed by atoms with E-state index in [1.54, 1.807) is 12.1 Å². The zero-order valence-corrected chi connectivity index (χ0v) is 19.4. The Labute approximate surface area is 190 Å². The topological polar surface area (TPSA) is 106 Å². The maximum atomic E-state index is 12.6. The lowest BCUT2D eigenvalue weighted by molar-refractivity contribution is -0.153. The van der Waals surface area contributed by atoms with Gasteiger partial charge in [0, 0.05) is 18.0 Å². The summed E-state index contributed by atoms with van der Waals surface area (Å²) in [5.41, 5.74) is 2.56. The van der Waals surface area contributed by atoms with Crippen molar-refractivity contribution < 1.29 is 22.7 Å². The van der Waals surface area contributed by atoms with E-state index >= 15 is 0 Å². The van der Waals surface area contributed by atoms with Gasteiger partial charge in [0.05, 0.1) is 10.6 Å². The first-order valence-electron chi connectivity index (χ1n) is 9.71. The summed E-state index contributed by atoms with van der Waals surface area (Å²) in [6, 6.07) is 15.8. The number of benzene rings is 2. The number of ether oxygens (including phenoxy) is 1. The summed E-state index contributed by atoms with van der Waals surface area (Å²) in [4.78, 5) is 29.0. The Balaban J connectivity index is 1.55. The molecular formula is C22H23N3O5S2. The number of thiazole rings is 1. The Morgan fingerprint density at radius 3 is 2.44 bits per heavy atom. The van der Waals surface area contributed by atoms with Gasteiger partial charge in [-0.25, -0.2) is 13.4 Å². The molecule has 3 aromatic rings. The van der Waals surface area contributed by atoms with Crippen molar-refractivity contribution in [1.82, 2.24) is 9.29 Å². The molecule has 1 atom stereocenters. The predicted molar refractivity (Wildman–Crippen MR) is 123 cm³/mol. The molecule has 10 heteroatoms. The molecule has 1 aromatic heterocycles. The average molecular weight is 474 g/mol. The van der Waals surface area contributed by atoms with Crippen LogP contribution >= 0.6 is 11.3 Å². The van der Waals surface area contributed by atoms with Gasteiger partial charge in [0.15, 0.2) is 11.2 Å². The van der Waals surface area contributed by atoms with Crippen LogP contribution in [-0.4, -0.2) is 49.3 Å². The van der Waals surface area contributed by atoms with Crippen molar-refractivity contribution in [2.45, 2.75) is 24.8 Å². The summed E-state index contributed by atoms with van der Waals surface area (Å²) < 4.78 is 31.2. The number of amides is 1. The summed E-state index contributed by atoms with van der Waals surface area (Å²) in [5, 5.41) is 4.79. The number of hydrogen-bond acceptors (Lipinski definition) is 7. The largest absolute Gasteiger partial charge is 0.452 e. The lowest BCUT2D eigenvalue weighted by Gasteiger charge is -2.18. The summed E-state index contributed by atoms with van der Waals surface area (Å²) in [7, 11) is -2.58. The maximum absolute atomic E-state index is 12.6. The molecular weight excluding hydrogens is 450 g/mol. The molecule has 0 saturated heterocycles. The summed E-state index contributed by atoms with van der Waals surface area (Å²) in [6.45, 7) is 2.73. The zero-order valence-electron chi connectivity index (χ0n) is 17.8. The molecule has 32 heavy (non-hydrogen) atoms. The molecule has 0 unspecified atom stereocenters. The Bertz CT molecular complexity index is 1190. The minimum Gasteiger partial charge on any atom is -0.452 e. The van der Waals surface area contributed by atoms with E-state index in [0.29, 0.717) is 5.13 Å². The molecule has 0 fully saturated rings. The summed E-state index contributed by atoms with van der Waals surface area (Å²) in [6.07, 6.45) is -1.12. The van der Waals surface area contributed by atoms with Gasteiger partial charge in [-0.1, -0.05) is 48.0 Å². The first kappa shape index (κ1) is 23.6. The molecule has 0 aliphatic carbocycles. The number of rotatable bonds is 8. The summed E-state index contributed by atoms with van der Waals surface area (Å²) in [5.74, 6) is -1.40. The second-order valence-electron chi connectivity index (χ2n) is 7.10. The molecule has 1 heterocycles. The molecule has 3 rings (SSSR count). The Morgan fingerprint density at radius 1 is 1.12 bits per heavy atom. The predicted octanol–water partition coefficient (Wildman–Crippen LogP) is 3.31. The van der Waals surface area contributed by atoms with E-state index in [0.717, 1.165) is 21.1 Å². The number of hydrogen-bond donors (Lipinski definition) is 1. The fourth-order valence-corrected chi connectivity index (χ4v) is 4.56. The normalized spacial score (nSPS) is 12.4. The summed E-state index contributed by atoms with van der Waals surface area (Å²) >= 11 is 1.25. The van der Waals surface area contributed by atoms with E-state index in [1.807, 2.05) is 42.6 Å². The number of carbonyl (C=O) groups is 2. The molecule has 0 radical (unpaired) electrons. The highest BCUT2D eigenvalue weighted by Crippen LogP contribution is 2.24. The average Bonchev–Trinajstić information content (AvgIpc) is 3.23. The second-order valence-corrected chi connectivity index (χ2v) is 10.0. The van der Waals surface area contributed by atoms with Gasteiger partial charge >= 0.3 is 5.97 Å². The molecule has 168 valence electrons. The molecule has 0 saturated carbocycles. The van der Waals surface area contributed by atoms with Crippen molar-refractivity contribution in [3.8, 4) is 11.3 Å². The third-order valence-corrected chi connectivity index (χ3v) is 7.14. The van der Waals surface area contributed by atoms with Crippen molar-refractivity contribution in [3.05, 3.63) is 65.5 Å². The molecule has 1 amide bonds. The minimum atomic E-state index is -3.86. The van der Waals surface area contributed by atoms with Gasteiger partial charge in [0.1, 0.15) is 6.54 Å². The zero-order chi connectivity index (χ0) is 23.3.